The molecule has 3 aromatic carbocycles. The molecule has 2 amide bonds. The molecule has 0 aromatic heterocycles. The van der Waals surface area contributed by atoms with Crippen LogP contribution >= 0.6 is 11.6 Å². The van der Waals surface area contributed by atoms with E-state index in [-0.39, 0.29) is 30.9 Å². The zero-order valence-electron chi connectivity index (χ0n) is 27.4. The summed E-state index contributed by atoms with van der Waals surface area (Å²) in [4.78, 5) is 41.4. The first-order valence-corrected chi connectivity index (χ1v) is 16.6. The Balaban J connectivity index is 1.51. The molecule has 0 spiro atoms. The van der Waals surface area contributed by atoms with Gasteiger partial charge in [0.25, 0.3) is 0 Å². The zero-order valence-corrected chi connectivity index (χ0v) is 28.2. The molecule has 0 aliphatic carbocycles. The lowest BCUT2D eigenvalue weighted by Gasteiger charge is -2.32. The van der Waals surface area contributed by atoms with Crippen molar-refractivity contribution < 1.29 is 23.9 Å². The van der Waals surface area contributed by atoms with Gasteiger partial charge in [-0.2, -0.15) is 0 Å². The molecular weight excluding hydrogens is 614 g/mol. The molecule has 1 saturated heterocycles. The molecule has 1 fully saturated rings. The van der Waals surface area contributed by atoms with Gasteiger partial charge in [0, 0.05) is 17.0 Å². The average molecular weight is 660 g/mol. The highest BCUT2D eigenvalue weighted by atomic mass is 35.5. The summed E-state index contributed by atoms with van der Waals surface area (Å²) in [6, 6.07) is 24.9. The van der Waals surface area contributed by atoms with E-state index >= 15 is 0 Å². The van der Waals surface area contributed by atoms with Crippen LogP contribution in [0.2, 0.25) is 5.02 Å². The number of carbonyl (C=O) groups is 3. The monoisotopic (exact) mass is 659 g/mol. The third kappa shape index (κ3) is 11.1. The highest BCUT2D eigenvalue weighted by Crippen LogP contribution is 2.29. The number of hydrogen-bond acceptors (Lipinski definition) is 6. The van der Waals surface area contributed by atoms with Crippen LogP contribution in [0, 0.1) is 5.41 Å². The van der Waals surface area contributed by atoms with Gasteiger partial charge in [-0.05, 0) is 61.9 Å². The number of carbonyl (C=O) groups excluding carboxylic acids is 3. The molecule has 0 saturated carbocycles. The third-order valence-corrected chi connectivity index (χ3v) is 8.59. The van der Waals surface area contributed by atoms with Gasteiger partial charge in [0.15, 0.2) is 0 Å². The van der Waals surface area contributed by atoms with E-state index in [2.05, 4.69) is 5.32 Å². The van der Waals surface area contributed by atoms with Crippen LogP contribution in [0.5, 0.6) is 0 Å². The predicted molar refractivity (Wildman–Crippen MR) is 185 cm³/mol. The minimum atomic E-state index is -0.914. The van der Waals surface area contributed by atoms with Gasteiger partial charge >= 0.3 is 5.97 Å². The van der Waals surface area contributed by atoms with Crippen LogP contribution in [0.3, 0.4) is 0 Å². The van der Waals surface area contributed by atoms with Gasteiger partial charge in [0.2, 0.25) is 11.8 Å². The topological polar surface area (TPSA) is 111 Å². The predicted octanol–water partition coefficient (Wildman–Crippen LogP) is 5.66. The number of nitrogens with one attached hydrogen (secondary N) is 1. The van der Waals surface area contributed by atoms with Gasteiger partial charge in [0.05, 0.1) is 31.2 Å². The quantitative estimate of drug-likeness (QED) is 0.161. The summed E-state index contributed by atoms with van der Waals surface area (Å²) in [5.41, 5.74) is 8.14. The second-order valence-electron chi connectivity index (χ2n) is 12.7. The van der Waals surface area contributed by atoms with Crippen LogP contribution in [0.1, 0.15) is 50.3 Å². The van der Waals surface area contributed by atoms with Gasteiger partial charge in [0.1, 0.15) is 12.6 Å². The molecule has 1 aliphatic heterocycles. The summed E-state index contributed by atoms with van der Waals surface area (Å²) in [6.07, 6.45) is 5.79. The number of rotatable bonds is 15. The third-order valence-electron chi connectivity index (χ3n) is 8.36. The molecule has 1 heterocycles. The van der Waals surface area contributed by atoms with Crippen molar-refractivity contribution in [3.63, 3.8) is 0 Å². The van der Waals surface area contributed by atoms with Crippen LogP contribution in [0.4, 0.5) is 0 Å². The van der Waals surface area contributed by atoms with Crippen LogP contribution in [0.25, 0.3) is 0 Å². The van der Waals surface area contributed by atoms with Gasteiger partial charge < -0.3 is 25.4 Å². The normalized spacial score (nSPS) is 17.9. The lowest BCUT2D eigenvalue weighted by molar-refractivity contribution is -0.145. The highest BCUT2D eigenvalue weighted by molar-refractivity contribution is 6.30. The number of nitrogens with two attached hydrogens (primary N) is 1. The van der Waals surface area contributed by atoms with Crippen molar-refractivity contribution in [2.75, 3.05) is 13.2 Å². The first kappa shape index (κ1) is 35.9. The molecule has 9 heteroatoms. The van der Waals surface area contributed by atoms with Crippen LogP contribution in [-0.4, -0.2) is 60.1 Å². The van der Waals surface area contributed by atoms with Crippen molar-refractivity contribution in [2.24, 2.45) is 11.1 Å². The number of amides is 2. The zero-order chi connectivity index (χ0) is 33.8. The molecule has 0 bridgehead atoms. The molecule has 47 heavy (non-hydrogen) atoms. The minimum absolute atomic E-state index is 0.153. The van der Waals surface area contributed by atoms with Crippen molar-refractivity contribution in [1.29, 1.82) is 0 Å². The smallest absolute Gasteiger partial charge is 0.310 e. The van der Waals surface area contributed by atoms with E-state index in [4.69, 9.17) is 26.8 Å². The van der Waals surface area contributed by atoms with E-state index in [9.17, 15) is 14.4 Å². The van der Waals surface area contributed by atoms with Crippen molar-refractivity contribution in [2.45, 2.75) is 77.3 Å². The summed E-state index contributed by atoms with van der Waals surface area (Å²) in [5.74, 6) is -0.953. The molecule has 3 N–H and O–H groups in total. The first-order chi connectivity index (χ1) is 22.5. The Morgan fingerprint density at radius 2 is 1.66 bits per heavy atom. The number of benzene rings is 3. The van der Waals surface area contributed by atoms with Crippen molar-refractivity contribution in [3.8, 4) is 0 Å². The maximum atomic E-state index is 14.1. The van der Waals surface area contributed by atoms with E-state index in [0.717, 1.165) is 29.5 Å². The fourth-order valence-electron chi connectivity index (χ4n) is 5.68. The Hall–Kier alpha value is -3.98. The second-order valence-corrected chi connectivity index (χ2v) is 13.1. The second kappa shape index (κ2) is 17.3. The average Bonchev–Trinajstić information content (AvgIpc) is 3.54. The molecule has 3 aromatic rings. The Labute approximate surface area is 283 Å². The van der Waals surface area contributed by atoms with Crippen molar-refractivity contribution >= 4 is 29.4 Å². The molecule has 5 atom stereocenters. The number of halogens is 1. The van der Waals surface area contributed by atoms with Crippen LogP contribution in [0.15, 0.2) is 97.1 Å². The summed E-state index contributed by atoms with van der Waals surface area (Å²) in [5, 5.41) is 3.47. The molecule has 0 radical (unpaired) electrons. The minimum Gasteiger partial charge on any atom is -0.465 e. The maximum absolute atomic E-state index is 14.1. The largest absolute Gasteiger partial charge is 0.465 e. The van der Waals surface area contributed by atoms with Crippen LogP contribution in [-0.2, 0) is 43.3 Å². The molecule has 4 rings (SSSR count). The Morgan fingerprint density at radius 3 is 2.32 bits per heavy atom. The summed E-state index contributed by atoms with van der Waals surface area (Å²) < 4.78 is 11.9. The highest BCUT2D eigenvalue weighted by Gasteiger charge is 2.37. The molecular formula is C38H46ClN3O5. The van der Waals surface area contributed by atoms with Gasteiger partial charge in [-0.15, -0.1) is 0 Å². The number of ether oxygens (including phenoxy) is 2. The summed E-state index contributed by atoms with van der Waals surface area (Å²) in [6.45, 7) is 6.40. The standard InChI is InChI=1S/C38H46ClN3O5/c1-27(40)36(44)41-35(28(2)46-25-30-14-8-5-9-15-30)37(45)42-21-11-18-33(42)19-20-38(3,24-31-16-10-17-32(39)22-31)26-47-34(43)23-29-12-6-4-7-13-29/h4-10,12-17,19-20,22,27-28,33,35H,11,18,21,23-26,40H2,1-3H3,(H,41,44)/b20-19+/t27-,28+,33?,35-,38-/m0/s1. The van der Waals surface area contributed by atoms with E-state index in [0.29, 0.717) is 24.6 Å². The van der Waals surface area contributed by atoms with E-state index in [1.165, 1.54) is 0 Å². The van der Waals surface area contributed by atoms with Gasteiger partial charge in [-0.1, -0.05) is 103 Å². The van der Waals surface area contributed by atoms with E-state index in [1.807, 2.05) is 104 Å². The van der Waals surface area contributed by atoms with E-state index in [1.54, 1.807) is 18.7 Å². The fraction of sp³-hybridized carbons (Fsp3) is 0.395. The van der Waals surface area contributed by atoms with Crippen molar-refractivity contribution in [3.05, 3.63) is 119 Å². The Bertz CT molecular complexity index is 1500. The maximum Gasteiger partial charge on any atom is 0.310 e. The molecule has 1 unspecified atom stereocenters. The van der Waals surface area contributed by atoms with Gasteiger partial charge in [-0.3, -0.25) is 14.4 Å². The first-order valence-electron chi connectivity index (χ1n) is 16.2. The Morgan fingerprint density at radius 1 is 1.00 bits per heavy atom. The van der Waals surface area contributed by atoms with E-state index < -0.39 is 29.5 Å². The summed E-state index contributed by atoms with van der Waals surface area (Å²) >= 11 is 6.30. The summed E-state index contributed by atoms with van der Waals surface area (Å²) in [7, 11) is 0. The fourth-order valence-corrected chi connectivity index (χ4v) is 5.89. The Kier molecular flexibility index (Phi) is 13.2. The lowest BCUT2D eigenvalue weighted by Crippen LogP contribution is -2.57. The molecule has 8 nitrogen and oxygen atoms in total. The van der Waals surface area contributed by atoms with Crippen LogP contribution < -0.4 is 11.1 Å². The molecule has 250 valence electrons. The van der Waals surface area contributed by atoms with Crippen molar-refractivity contribution in [1.82, 2.24) is 10.2 Å². The lowest BCUT2D eigenvalue weighted by atomic mass is 9.83. The number of nitrogens with zero attached hydrogens (tertiary/aromatic N) is 1. The molecule has 1 aliphatic rings. The number of hydrogen-bond donors (Lipinski definition) is 2. The number of esters is 1. The SMILES string of the molecule is C[C@H](N)C(=O)N[C@H](C(=O)N1CCCC1/C=C/[C@](C)(COC(=O)Cc1ccccc1)Cc1cccc(Cl)c1)[C@@H](C)OCc1ccccc1. The number of likely N-dealkylation sites (tertiary alicyclic amines) is 1. The van der Waals surface area contributed by atoms with Gasteiger partial charge in [-0.25, -0.2) is 0 Å².